The third-order valence-electron chi connectivity index (χ3n) is 3.25. The summed E-state index contributed by atoms with van der Waals surface area (Å²) in [5.41, 5.74) is -0.345. The highest BCUT2D eigenvalue weighted by Gasteiger charge is 2.38. The van der Waals surface area contributed by atoms with Gasteiger partial charge in [0.05, 0.1) is 12.7 Å². The van der Waals surface area contributed by atoms with E-state index in [2.05, 4.69) is 5.10 Å². The molecule has 7 nitrogen and oxygen atoms in total. The molecule has 1 aromatic rings. The average molecular weight is 282 g/mol. The fourth-order valence-electron chi connectivity index (χ4n) is 1.99. The minimum absolute atomic E-state index is 0.316. The number of nitrogens with zero attached hydrogens (tertiary/aromatic N) is 4. The Morgan fingerprint density at radius 3 is 2.45 bits per heavy atom. The van der Waals surface area contributed by atoms with Crippen LogP contribution in [0.3, 0.4) is 0 Å². The van der Waals surface area contributed by atoms with Crippen molar-refractivity contribution in [2.24, 2.45) is 7.05 Å². The van der Waals surface area contributed by atoms with Gasteiger partial charge in [-0.25, -0.2) is 9.59 Å². The molecule has 7 heteroatoms. The van der Waals surface area contributed by atoms with Crippen LogP contribution in [0, 0.1) is 0 Å². The van der Waals surface area contributed by atoms with Gasteiger partial charge in [0.25, 0.3) is 0 Å². The lowest BCUT2D eigenvalue weighted by Gasteiger charge is -2.36. The van der Waals surface area contributed by atoms with Gasteiger partial charge >= 0.3 is 12.0 Å². The molecule has 0 atom stereocenters. The number of likely N-dealkylation sites (N-methyl/N-ethyl adjacent to an activating group) is 1. The number of carbonyl (C=O) groups excluding carboxylic acids is 1. The zero-order chi connectivity index (χ0) is 15.5. The zero-order valence-electron chi connectivity index (χ0n) is 12.6. The first kappa shape index (κ1) is 16.0. The molecule has 0 bridgehead atoms. The van der Waals surface area contributed by atoms with Crippen LogP contribution in [0.2, 0.25) is 0 Å². The van der Waals surface area contributed by atoms with Gasteiger partial charge in [-0.15, -0.1) is 0 Å². The Bertz CT molecular complexity index is 496. The van der Waals surface area contributed by atoms with Crippen LogP contribution in [0.1, 0.15) is 26.3 Å². The number of carboxylic acids is 1. The molecular formula is C13H22N4O3. The molecule has 20 heavy (non-hydrogen) atoms. The fourth-order valence-corrected chi connectivity index (χ4v) is 1.99. The van der Waals surface area contributed by atoms with Gasteiger partial charge in [0, 0.05) is 32.4 Å². The first-order valence-electron chi connectivity index (χ1n) is 6.43. The van der Waals surface area contributed by atoms with Crippen molar-refractivity contribution in [3.05, 3.63) is 18.0 Å². The third-order valence-corrected chi connectivity index (χ3v) is 3.25. The van der Waals surface area contributed by atoms with Crippen molar-refractivity contribution in [2.75, 3.05) is 13.6 Å². The Balaban J connectivity index is 2.83. The van der Waals surface area contributed by atoms with Crippen LogP contribution >= 0.6 is 0 Å². The number of rotatable bonds is 5. The van der Waals surface area contributed by atoms with Crippen LogP contribution in [0.5, 0.6) is 0 Å². The zero-order valence-corrected chi connectivity index (χ0v) is 12.6. The Morgan fingerprint density at radius 2 is 2.05 bits per heavy atom. The molecule has 1 rings (SSSR count). The maximum absolute atomic E-state index is 12.4. The van der Waals surface area contributed by atoms with Crippen molar-refractivity contribution >= 4 is 12.0 Å². The van der Waals surface area contributed by atoms with E-state index >= 15 is 0 Å². The quantitative estimate of drug-likeness (QED) is 0.879. The van der Waals surface area contributed by atoms with Crippen LogP contribution in [0.15, 0.2) is 12.4 Å². The summed E-state index contributed by atoms with van der Waals surface area (Å²) in [4.78, 5) is 26.5. The van der Waals surface area contributed by atoms with Crippen molar-refractivity contribution < 1.29 is 14.7 Å². The minimum Gasteiger partial charge on any atom is -0.480 e. The second-order valence-electron chi connectivity index (χ2n) is 5.27. The Morgan fingerprint density at radius 1 is 1.45 bits per heavy atom. The molecule has 0 aliphatic carbocycles. The topological polar surface area (TPSA) is 78.7 Å². The molecule has 0 fully saturated rings. The largest absolute Gasteiger partial charge is 0.480 e. The van der Waals surface area contributed by atoms with E-state index in [1.54, 1.807) is 31.9 Å². The van der Waals surface area contributed by atoms with Gasteiger partial charge in [0.15, 0.2) is 0 Å². The standard InChI is InChI=1S/C13H22N4O3/c1-6-17(13(2,3)11(18)19)12(20)15(4)8-10-7-14-16(5)9-10/h7,9H,6,8H2,1-5H3,(H,18,19). The molecule has 0 saturated heterocycles. The lowest BCUT2D eigenvalue weighted by Crippen LogP contribution is -2.56. The molecule has 0 saturated carbocycles. The smallest absolute Gasteiger partial charge is 0.329 e. The predicted octanol–water partition coefficient (Wildman–Crippen LogP) is 1.16. The first-order chi connectivity index (χ1) is 9.20. The Hall–Kier alpha value is -2.05. The number of hydrogen-bond acceptors (Lipinski definition) is 3. The highest BCUT2D eigenvalue weighted by Crippen LogP contribution is 2.17. The molecule has 1 N–H and O–H groups in total. The number of aromatic nitrogens is 2. The van der Waals surface area contributed by atoms with E-state index in [9.17, 15) is 14.7 Å². The van der Waals surface area contributed by atoms with E-state index < -0.39 is 11.5 Å². The van der Waals surface area contributed by atoms with Crippen molar-refractivity contribution in [3.8, 4) is 0 Å². The summed E-state index contributed by atoms with van der Waals surface area (Å²) in [5, 5.41) is 13.3. The second kappa shape index (κ2) is 5.94. The van der Waals surface area contributed by atoms with Crippen molar-refractivity contribution in [2.45, 2.75) is 32.9 Å². The van der Waals surface area contributed by atoms with E-state index in [0.717, 1.165) is 5.56 Å². The Kier molecular flexibility index (Phi) is 4.75. The third kappa shape index (κ3) is 3.28. The van der Waals surface area contributed by atoms with Gasteiger partial charge in [0.2, 0.25) is 0 Å². The molecule has 0 aliphatic heterocycles. The maximum atomic E-state index is 12.4. The van der Waals surface area contributed by atoms with Gasteiger partial charge in [-0.05, 0) is 20.8 Å². The highest BCUT2D eigenvalue weighted by atomic mass is 16.4. The van der Waals surface area contributed by atoms with E-state index in [1.165, 1.54) is 23.6 Å². The van der Waals surface area contributed by atoms with Crippen LogP contribution in [-0.4, -0.2) is 55.8 Å². The molecule has 0 aliphatic rings. The molecule has 0 spiro atoms. The maximum Gasteiger partial charge on any atom is 0.329 e. The van der Waals surface area contributed by atoms with E-state index in [-0.39, 0.29) is 6.03 Å². The van der Waals surface area contributed by atoms with Gasteiger partial charge in [-0.2, -0.15) is 5.10 Å². The summed E-state index contributed by atoms with van der Waals surface area (Å²) in [6.45, 7) is 5.53. The fraction of sp³-hybridized carbons (Fsp3) is 0.615. The van der Waals surface area contributed by atoms with Crippen molar-refractivity contribution in [3.63, 3.8) is 0 Å². The highest BCUT2D eigenvalue weighted by molar-refractivity contribution is 5.85. The van der Waals surface area contributed by atoms with Gasteiger partial charge in [0.1, 0.15) is 5.54 Å². The van der Waals surface area contributed by atoms with E-state index in [4.69, 9.17) is 0 Å². The van der Waals surface area contributed by atoms with Crippen LogP contribution in [0.4, 0.5) is 4.79 Å². The number of carbonyl (C=O) groups is 2. The van der Waals surface area contributed by atoms with Gasteiger partial charge < -0.3 is 14.9 Å². The molecule has 2 amide bonds. The Labute approximate surface area is 118 Å². The molecular weight excluding hydrogens is 260 g/mol. The van der Waals surface area contributed by atoms with E-state index in [1.807, 2.05) is 6.20 Å². The van der Waals surface area contributed by atoms with Crippen LogP contribution in [0.25, 0.3) is 0 Å². The molecule has 0 unspecified atom stereocenters. The number of hydrogen-bond donors (Lipinski definition) is 1. The molecule has 0 radical (unpaired) electrons. The SMILES string of the molecule is CCN(C(=O)N(C)Cc1cnn(C)c1)C(C)(C)C(=O)O. The summed E-state index contributed by atoms with van der Waals surface area (Å²) in [6, 6.07) is -0.316. The number of aryl methyl sites for hydroxylation is 1. The summed E-state index contributed by atoms with van der Waals surface area (Å²) < 4.78 is 1.66. The van der Waals surface area contributed by atoms with Gasteiger partial charge in [-0.1, -0.05) is 0 Å². The number of carboxylic acid groups (broad SMARTS) is 1. The number of amides is 2. The molecule has 1 aromatic heterocycles. The molecule has 0 aromatic carbocycles. The normalized spacial score (nSPS) is 11.2. The van der Waals surface area contributed by atoms with Crippen molar-refractivity contribution in [1.82, 2.24) is 19.6 Å². The van der Waals surface area contributed by atoms with Crippen molar-refractivity contribution in [1.29, 1.82) is 0 Å². The molecule has 112 valence electrons. The number of aliphatic carboxylic acids is 1. The second-order valence-corrected chi connectivity index (χ2v) is 5.27. The summed E-state index contributed by atoms with van der Waals surface area (Å²) in [5.74, 6) is -1.03. The summed E-state index contributed by atoms with van der Waals surface area (Å²) >= 11 is 0. The van der Waals surface area contributed by atoms with Gasteiger partial charge in [-0.3, -0.25) is 4.68 Å². The lowest BCUT2D eigenvalue weighted by atomic mass is 10.0. The minimum atomic E-state index is -1.24. The van der Waals surface area contributed by atoms with E-state index in [0.29, 0.717) is 13.1 Å². The van der Waals surface area contributed by atoms with Crippen LogP contribution in [-0.2, 0) is 18.4 Å². The lowest BCUT2D eigenvalue weighted by molar-refractivity contribution is -0.147. The average Bonchev–Trinajstić information content (AvgIpc) is 2.74. The molecule has 1 heterocycles. The monoisotopic (exact) mass is 282 g/mol. The summed E-state index contributed by atoms with van der Waals surface area (Å²) in [6.07, 6.45) is 3.50. The summed E-state index contributed by atoms with van der Waals surface area (Å²) in [7, 11) is 3.45. The number of urea groups is 1. The first-order valence-corrected chi connectivity index (χ1v) is 6.43. The van der Waals surface area contributed by atoms with Crippen LogP contribution < -0.4 is 0 Å². The predicted molar refractivity (Wildman–Crippen MR) is 74.2 cm³/mol.